The topological polar surface area (TPSA) is 38.7 Å². The van der Waals surface area contributed by atoms with Crippen LogP contribution in [0, 0.1) is 0 Å². The minimum absolute atomic E-state index is 0.210. The van der Waals surface area contributed by atoms with E-state index in [2.05, 4.69) is 0 Å². The molecule has 2 atom stereocenters. The maximum absolute atomic E-state index is 9.89. The molecule has 1 heterocycles. The Bertz CT molecular complexity index is 345. The van der Waals surface area contributed by atoms with E-state index >= 15 is 0 Å². The van der Waals surface area contributed by atoms with Gasteiger partial charge in [0.1, 0.15) is 12.4 Å². The molecule has 1 aromatic rings. The van der Waals surface area contributed by atoms with Crippen LogP contribution in [0.5, 0.6) is 5.75 Å². The summed E-state index contributed by atoms with van der Waals surface area (Å²) in [5.74, 6) is 0.775. The molecule has 94 valence electrons. The van der Waals surface area contributed by atoms with Gasteiger partial charge < -0.3 is 14.6 Å². The summed E-state index contributed by atoms with van der Waals surface area (Å²) in [5, 5.41) is 9.89. The third kappa shape index (κ3) is 3.20. The van der Waals surface area contributed by atoms with Crippen molar-refractivity contribution < 1.29 is 14.6 Å². The summed E-state index contributed by atoms with van der Waals surface area (Å²) in [6.07, 6.45) is 2.64. The Balaban J connectivity index is 1.98. The molecule has 17 heavy (non-hydrogen) atoms. The van der Waals surface area contributed by atoms with E-state index in [1.165, 1.54) is 0 Å². The van der Waals surface area contributed by atoms with Crippen LogP contribution < -0.4 is 4.74 Å². The average Bonchev–Trinajstić information content (AvgIpc) is 2.89. The van der Waals surface area contributed by atoms with E-state index in [9.17, 15) is 5.11 Å². The van der Waals surface area contributed by atoms with E-state index in [4.69, 9.17) is 9.47 Å². The molecule has 1 fully saturated rings. The second-order valence-electron chi connectivity index (χ2n) is 4.41. The van der Waals surface area contributed by atoms with Crippen LogP contribution in [0.1, 0.15) is 37.9 Å². The molecule has 2 rings (SSSR count). The summed E-state index contributed by atoms with van der Waals surface area (Å²) >= 11 is 0. The molecule has 1 aliphatic heterocycles. The molecular formula is C14H20O3. The summed E-state index contributed by atoms with van der Waals surface area (Å²) in [4.78, 5) is 0. The number of benzene rings is 1. The van der Waals surface area contributed by atoms with Crippen LogP contribution in [0.3, 0.4) is 0 Å². The fraction of sp³-hybridized carbons (Fsp3) is 0.571. The fourth-order valence-electron chi connectivity index (χ4n) is 2.07. The van der Waals surface area contributed by atoms with Gasteiger partial charge in [-0.25, -0.2) is 0 Å². The predicted octanol–water partition coefficient (Wildman–Crippen LogP) is 2.69. The van der Waals surface area contributed by atoms with Gasteiger partial charge in [0.2, 0.25) is 0 Å². The first-order chi connectivity index (χ1) is 8.31. The first-order valence-corrected chi connectivity index (χ1v) is 6.32. The minimum Gasteiger partial charge on any atom is -0.490 e. The van der Waals surface area contributed by atoms with Crippen LogP contribution in [0.2, 0.25) is 0 Å². The number of hydrogen-bond donors (Lipinski definition) is 1. The van der Waals surface area contributed by atoms with Crippen molar-refractivity contribution in [3.63, 3.8) is 0 Å². The SMILES string of the molecule is CC[C@@H](O)c1ccccc1OCC1CCCO1. The zero-order valence-corrected chi connectivity index (χ0v) is 10.3. The average molecular weight is 236 g/mol. The minimum atomic E-state index is -0.448. The second kappa shape index (κ2) is 6.03. The van der Waals surface area contributed by atoms with Crippen LogP contribution in [0.25, 0.3) is 0 Å². The van der Waals surface area contributed by atoms with Crippen LogP contribution in [0.4, 0.5) is 0 Å². The highest BCUT2D eigenvalue weighted by Crippen LogP contribution is 2.27. The molecule has 1 saturated heterocycles. The largest absolute Gasteiger partial charge is 0.490 e. The first kappa shape index (κ1) is 12.4. The molecule has 1 unspecified atom stereocenters. The Kier molecular flexibility index (Phi) is 4.40. The summed E-state index contributed by atoms with van der Waals surface area (Å²) in [5.41, 5.74) is 0.869. The molecule has 0 saturated carbocycles. The summed E-state index contributed by atoms with van der Waals surface area (Å²) in [6.45, 7) is 3.38. The van der Waals surface area contributed by atoms with Gasteiger partial charge in [-0.15, -0.1) is 0 Å². The van der Waals surface area contributed by atoms with E-state index in [1.54, 1.807) is 0 Å². The maximum Gasteiger partial charge on any atom is 0.125 e. The molecule has 0 radical (unpaired) electrons. The van der Waals surface area contributed by atoms with Gasteiger partial charge in [-0.3, -0.25) is 0 Å². The Morgan fingerprint density at radius 2 is 2.29 bits per heavy atom. The van der Waals surface area contributed by atoms with Gasteiger partial charge in [0.25, 0.3) is 0 Å². The van der Waals surface area contributed by atoms with Gasteiger partial charge in [0, 0.05) is 12.2 Å². The van der Waals surface area contributed by atoms with Gasteiger partial charge >= 0.3 is 0 Å². The smallest absolute Gasteiger partial charge is 0.125 e. The Morgan fingerprint density at radius 1 is 1.47 bits per heavy atom. The van der Waals surface area contributed by atoms with Gasteiger partial charge in [0.05, 0.1) is 12.2 Å². The third-order valence-electron chi connectivity index (χ3n) is 3.11. The molecule has 0 bridgehead atoms. The highest BCUT2D eigenvalue weighted by molar-refractivity contribution is 5.35. The van der Waals surface area contributed by atoms with Crippen molar-refractivity contribution in [2.24, 2.45) is 0 Å². The highest BCUT2D eigenvalue weighted by atomic mass is 16.5. The van der Waals surface area contributed by atoms with Gasteiger partial charge in [-0.1, -0.05) is 25.1 Å². The van der Waals surface area contributed by atoms with Crippen molar-refractivity contribution in [1.82, 2.24) is 0 Å². The quantitative estimate of drug-likeness (QED) is 0.854. The fourth-order valence-corrected chi connectivity index (χ4v) is 2.07. The summed E-state index contributed by atoms with van der Waals surface area (Å²) in [6, 6.07) is 7.67. The van der Waals surface area contributed by atoms with Crippen LogP contribution >= 0.6 is 0 Å². The van der Waals surface area contributed by atoms with Gasteiger partial charge in [-0.2, -0.15) is 0 Å². The number of para-hydroxylation sites is 1. The lowest BCUT2D eigenvalue weighted by molar-refractivity contribution is 0.0660. The molecule has 1 aromatic carbocycles. The van der Waals surface area contributed by atoms with E-state index < -0.39 is 6.10 Å². The Labute approximate surface area is 102 Å². The van der Waals surface area contributed by atoms with Crippen molar-refractivity contribution in [2.45, 2.75) is 38.4 Å². The van der Waals surface area contributed by atoms with Gasteiger partial charge in [-0.05, 0) is 25.3 Å². The Hall–Kier alpha value is -1.06. The molecule has 3 nitrogen and oxygen atoms in total. The van der Waals surface area contributed by atoms with Crippen LogP contribution in [-0.2, 0) is 4.74 Å². The monoisotopic (exact) mass is 236 g/mol. The second-order valence-corrected chi connectivity index (χ2v) is 4.41. The molecular weight excluding hydrogens is 216 g/mol. The summed E-state index contributed by atoms with van der Waals surface area (Å²) in [7, 11) is 0. The highest BCUT2D eigenvalue weighted by Gasteiger charge is 2.17. The number of rotatable bonds is 5. The number of hydrogen-bond acceptors (Lipinski definition) is 3. The molecule has 0 amide bonds. The molecule has 0 aromatic heterocycles. The van der Waals surface area contributed by atoms with Crippen molar-refractivity contribution in [1.29, 1.82) is 0 Å². The lowest BCUT2D eigenvalue weighted by Gasteiger charge is -2.16. The maximum atomic E-state index is 9.89. The summed E-state index contributed by atoms with van der Waals surface area (Å²) < 4.78 is 11.3. The predicted molar refractivity (Wildman–Crippen MR) is 66.2 cm³/mol. The van der Waals surface area contributed by atoms with Crippen molar-refractivity contribution in [3.8, 4) is 5.75 Å². The van der Waals surface area contributed by atoms with E-state index in [1.807, 2.05) is 31.2 Å². The zero-order chi connectivity index (χ0) is 12.1. The number of aliphatic hydroxyl groups excluding tert-OH is 1. The normalized spacial score (nSPS) is 21.4. The molecule has 0 spiro atoms. The molecule has 1 aliphatic rings. The standard InChI is InChI=1S/C14H20O3/c1-2-13(15)12-7-3-4-8-14(12)17-10-11-6-5-9-16-11/h3-4,7-8,11,13,15H,2,5-6,9-10H2,1H3/t11?,13-/m1/s1. The first-order valence-electron chi connectivity index (χ1n) is 6.32. The molecule has 3 heteroatoms. The van der Waals surface area contributed by atoms with Crippen LogP contribution in [-0.4, -0.2) is 24.4 Å². The van der Waals surface area contributed by atoms with Crippen molar-refractivity contribution in [3.05, 3.63) is 29.8 Å². The molecule has 1 N–H and O–H groups in total. The number of ether oxygens (including phenoxy) is 2. The van der Waals surface area contributed by atoms with Crippen molar-refractivity contribution >= 4 is 0 Å². The zero-order valence-electron chi connectivity index (χ0n) is 10.3. The lowest BCUT2D eigenvalue weighted by atomic mass is 10.1. The van der Waals surface area contributed by atoms with E-state index in [0.717, 1.165) is 30.8 Å². The van der Waals surface area contributed by atoms with E-state index in [-0.39, 0.29) is 6.10 Å². The van der Waals surface area contributed by atoms with E-state index in [0.29, 0.717) is 13.0 Å². The van der Waals surface area contributed by atoms with Crippen LogP contribution in [0.15, 0.2) is 24.3 Å². The lowest BCUT2D eigenvalue weighted by Crippen LogP contribution is -2.17. The Morgan fingerprint density at radius 3 is 3.00 bits per heavy atom. The number of aliphatic hydroxyl groups is 1. The van der Waals surface area contributed by atoms with Crippen molar-refractivity contribution in [2.75, 3.05) is 13.2 Å². The third-order valence-corrected chi connectivity index (χ3v) is 3.11. The van der Waals surface area contributed by atoms with Gasteiger partial charge in [0.15, 0.2) is 0 Å². The molecule has 0 aliphatic carbocycles.